The smallest absolute Gasteiger partial charge is 0.272 e. The zero-order valence-corrected chi connectivity index (χ0v) is 11.3. The molecule has 0 atom stereocenters. The topological polar surface area (TPSA) is 71.2 Å². The van der Waals surface area contributed by atoms with Crippen LogP contribution in [0.4, 0.5) is 5.82 Å². The van der Waals surface area contributed by atoms with Gasteiger partial charge in [0.1, 0.15) is 11.5 Å². The van der Waals surface area contributed by atoms with Gasteiger partial charge in [0, 0.05) is 18.5 Å². The van der Waals surface area contributed by atoms with E-state index >= 15 is 0 Å². The van der Waals surface area contributed by atoms with Gasteiger partial charge in [0.2, 0.25) is 0 Å². The van der Waals surface area contributed by atoms with Crippen LogP contribution in [-0.4, -0.2) is 28.9 Å². The number of hydrazine groups is 1. The van der Waals surface area contributed by atoms with Crippen molar-refractivity contribution in [1.82, 2.24) is 9.88 Å². The van der Waals surface area contributed by atoms with Crippen LogP contribution < -0.4 is 11.3 Å². The highest BCUT2D eigenvalue weighted by atomic mass is 16.2. The summed E-state index contributed by atoms with van der Waals surface area (Å²) >= 11 is 0. The van der Waals surface area contributed by atoms with Crippen LogP contribution >= 0.6 is 0 Å². The maximum Gasteiger partial charge on any atom is 0.272 e. The molecule has 100 valence electrons. The van der Waals surface area contributed by atoms with Gasteiger partial charge in [0.15, 0.2) is 0 Å². The third-order valence-electron chi connectivity index (χ3n) is 3.19. The van der Waals surface area contributed by atoms with E-state index in [4.69, 9.17) is 5.84 Å². The van der Waals surface area contributed by atoms with Gasteiger partial charge in [-0.15, -0.1) is 0 Å². The molecule has 0 aliphatic heterocycles. The number of pyridine rings is 1. The number of carbonyl (C=O) groups excluding carboxylic acids is 1. The van der Waals surface area contributed by atoms with Gasteiger partial charge in [-0.05, 0) is 25.3 Å². The van der Waals surface area contributed by atoms with Crippen LogP contribution in [0.25, 0.3) is 10.8 Å². The number of nitrogens with zero attached hydrogens (tertiary/aromatic N) is 2. The summed E-state index contributed by atoms with van der Waals surface area (Å²) in [5, 5.41) is 1.83. The molecule has 5 heteroatoms. The van der Waals surface area contributed by atoms with Gasteiger partial charge < -0.3 is 10.3 Å². The number of hydrogen-bond acceptors (Lipinski definition) is 4. The minimum Gasteiger partial charge on any atom is -0.338 e. The first-order chi connectivity index (χ1) is 9.04. The standard InChI is InChI=1S/C14H18N4O/c1-9(2)18(3)14(19)12-8-10-6-4-5-7-11(10)13(16-12)17-15/h4-9H,15H2,1-3H3,(H,16,17). The Kier molecular flexibility index (Phi) is 3.66. The number of carbonyl (C=O) groups is 1. The van der Waals surface area contributed by atoms with Crippen molar-refractivity contribution in [3.63, 3.8) is 0 Å². The fourth-order valence-corrected chi connectivity index (χ4v) is 1.83. The summed E-state index contributed by atoms with van der Waals surface area (Å²) in [5.74, 6) is 5.88. The monoisotopic (exact) mass is 258 g/mol. The van der Waals surface area contributed by atoms with Gasteiger partial charge in [-0.3, -0.25) is 4.79 Å². The van der Waals surface area contributed by atoms with Gasteiger partial charge in [0.05, 0.1) is 0 Å². The SMILES string of the molecule is CC(C)N(C)C(=O)c1cc2ccccc2c(NN)n1. The Balaban J connectivity index is 2.53. The average molecular weight is 258 g/mol. The summed E-state index contributed by atoms with van der Waals surface area (Å²) in [7, 11) is 1.76. The van der Waals surface area contributed by atoms with Crippen LogP contribution in [0.3, 0.4) is 0 Å². The number of nitrogens with two attached hydrogens (primary N) is 1. The van der Waals surface area contributed by atoms with Crippen molar-refractivity contribution in [3.05, 3.63) is 36.0 Å². The fraction of sp³-hybridized carbons (Fsp3) is 0.286. The number of benzene rings is 1. The van der Waals surface area contributed by atoms with Crippen LogP contribution in [0.2, 0.25) is 0 Å². The summed E-state index contributed by atoms with van der Waals surface area (Å²) in [6.07, 6.45) is 0. The van der Waals surface area contributed by atoms with Gasteiger partial charge in [-0.1, -0.05) is 24.3 Å². The summed E-state index contributed by atoms with van der Waals surface area (Å²) in [6.45, 7) is 3.92. The van der Waals surface area contributed by atoms with E-state index < -0.39 is 0 Å². The fourth-order valence-electron chi connectivity index (χ4n) is 1.83. The first kappa shape index (κ1) is 13.3. The van der Waals surface area contributed by atoms with Crippen molar-refractivity contribution in [2.24, 2.45) is 5.84 Å². The van der Waals surface area contributed by atoms with Crippen molar-refractivity contribution < 1.29 is 4.79 Å². The maximum atomic E-state index is 12.3. The second-order valence-corrected chi connectivity index (χ2v) is 4.73. The molecule has 3 N–H and O–H groups in total. The molecular formula is C14H18N4O. The Labute approximate surface area is 112 Å². The van der Waals surface area contributed by atoms with Gasteiger partial charge in [-0.2, -0.15) is 0 Å². The highest BCUT2D eigenvalue weighted by Crippen LogP contribution is 2.22. The molecule has 0 spiro atoms. The van der Waals surface area contributed by atoms with Crippen LogP contribution in [0.15, 0.2) is 30.3 Å². The molecule has 1 heterocycles. The van der Waals surface area contributed by atoms with Crippen LogP contribution in [-0.2, 0) is 0 Å². The number of amides is 1. The molecule has 0 aliphatic carbocycles. The highest BCUT2D eigenvalue weighted by molar-refractivity contribution is 6.00. The number of fused-ring (bicyclic) bond motifs is 1. The molecule has 0 radical (unpaired) electrons. The molecule has 2 rings (SSSR count). The van der Waals surface area contributed by atoms with E-state index in [-0.39, 0.29) is 11.9 Å². The molecule has 1 aromatic carbocycles. The van der Waals surface area contributed by atoms with Crippen LogP contribution in [0, 0.1) is 0 Å². The maximum absolute atomic E-state index is 12.3. The number of nitrogens with one attached hydrogen (secondary N) is 1. The molecule has 0 fully saturated rings. The molecule has 2 aromatic rings. The minimum absolute atomic E-state index is 0.114. The van der Waals surface area contributed by atoms with Crippen molar-refractivity contribution >= 4 is 22.5 Å². The van der Waals surface area contributed by atoms with Gasteiger partial charge in [0.25, 0.3) is 5.91 Å². The Morgan fingerprint density at radius 3 is 2.68 bits per heavy atom. The van der Waals surface area contributed by atoms with Crippen molar-refractivity contribution in [3.8, 4) is 0 Å². The molecule has 19 heavy (non-hydrogen) atoms. The van der Waals surface area contributed by atoms with E-state index in [1.807, 2.05) is 38.1 Å². The normalized spacial score (nSPS) is 10.8. The molecule has 0 unspecified atom stereocenters. The molecule has 0 aliphatic rings. The van der Waals surface area contributed by atoms with E-state index in [1.165, 1.54) is 0 Å². The molecule has 1 aromatic heterocycles. The first-order valence-electron chi connectivity index (χ1n) is 6.18. The van der Waals surface area contributed by atoms with Crippen molar-refractivity contribution in [2.45, 2.75) is 19.9 Å². The quantitative estimate of drug-likeness (QED) is 0.652. The van der Waals surface area contributed by atoms with E-state index in [0.717, 1.165) is 10.8 Å². The Morgan fingerprint density at radius 1 is 1.37 bits per heavy atom. The van der Waals surface area contributed by atoms with Crippen molar-refractivity contribution in [1.29, 1.82) is 0 Å². The third kappa shape index (κ3) is 2.51. The predicted molar refractivity (Wildman–Crippen MR) is 76.8 cm³/mol. The molecule has 1 amide bonds. The highest BCUT2D eigenvalue weighted by Gasteiger charge is 2.17. The van der Waals surface area contributed by atoms with Crippen LogP contribution in [0.1, 0.15) is 24.3 Å². The summed E-state index contributed by atoms with van der Waals surface area (Å²) in [4.78, 5) is 18.2. The molecule has 0 saturated heterocycles. The molecule has 5 nitrogen and oxygen atoms in total. The third-order valence-corrected chi connectivity index (χ3v) is 3.19. The summed E-state index contributed by atoms with van der Waals surface area (Å²) in [5.41, 5.74) is 2.94. The lowest BCUT2D eigenvalue weighted by Crippen LogP contribution is -2.33. The Hall–Kier alpha value is -2.14. The number of hydrogen-bond donors (Lipinski definition) is 2. The lowest BCUT2D eigenvalue weighted by atomic mass is 10.1. The van der Waals surface area contributed by atoms with Gasteiger partial charge >= 0.3 is 0 Å². The van der Waals surface area contributed by atoms with Crippen LogP contribution in [0.5, 0.6) is 0 Å². The zero-order chi connectivity index (χ0) is 14.0. The lowest BCUT2D eigenvalue weighted by molar-refractivity contribution is 0.0749. The predicted octanol–water partition coefficient (Wildman–Crippen LogP) is 2.00. The van der Waals surface area contributed by atoms with E-state index in [9.17, 15) is 4.79 Å². The van der Waals surface area contributed by atoms with E-state index in [2.05, 4.69) is 10.4 Å². The second kappa shape index (κ2) is 5.24. The number of nitrogen functional groups attached to an aromatic ring is 1. The average Bonchev–Trinajstić information content (AvgIpc) is 2.44. The van der Waals surface area contributed by atoms with Gasteiger partial charge in [-0.25, -0.2) is 10.8 Å². The second-order valence-electron chi connectivity index (χ2n) is 4.73. The largest absolute Gasteiger partial charge is 0.338 e. The van der Waals surface area contributed by atoms with Crippen molar-refractivity contribution in [2.75, 3.05) is 12.5 Å². The van der Waals surface area contributed by atoms with E-state index in [0.29, 0.717) is 11.5 Å². The zero-order valence-electron chi connectivity index (χ0n) is 11.3. The minimum atomic E-state index is -0.114. The molecule has 0 bridgehead atoms. The Bertz CT molecular complexity index is 609. The number of aromatic nitrogens is 1. The van der Waals surface area contributed by atoms with E-state index in [1.54, 1.807) is 18.0 Å². The number of rotatable bonds is 3. The summed E-state index contributed by atoms with van der Waals surface area (Å²) < 4.78 is 0. The number of anilines is 1. The molecule has 0 saturated carbocycles. The lowest BCUT2D eigenvalue weighted by Gasteiger charge is -2.21. The first-order valence-corrected chi connectivity index (χ1v) is 6.18. The summed E-state index contributed by atoms with van der Waals surface area (Å²) in [6, 6.07) is 9.59. The molecular weight excluding hydrogens is 240 g/mol. The Morgan fingerprint density at radius 2 is 2.05 bits per heavy atom.